The second kappa shape index (κ2) is 7.63. The molecule has 0 spiro atoms. The fourth-order valence-electron chi connectivity index (χ4n) is 3.08. The normalized spacial score (nSPS) is 13.7. The lowest BCUT2D eigenvalue weighted by Gasteiger charge is -2.16. The number of anilines is 1. The van der Waals surface area contributed by atoms with E-state index in [1.165, 1.54) is 13.2 Å². The van der Waals surface area contributed by atoms with E-state index in [0.717, 1.165) is 25.9 Å². The first kappa shape index (κ1) is 17.9. The molecule has 0 bridgehead atoms. The van der Waals surface area contributed by atoms with Gasteiger partial charge in [0.05, 0.1) is 19.0 Å². The minimum atomic E-state index is -0.523. The van der Waals surface area contributed by atoms with Crippen LogP contribution in [0.2, 0.25) is 0 Å². The van der Waals surface area contributed by atoms with Crippen molar-refractivity contribution in [3.63, 3.8) is 0 Å². The zero-order chi connectivity index (χ0) is 19.5. The molecule has 9 nitrogen and oxygen atoms in total. The van der Waals surface area contributed by atoms with Gasteiger partial charge in [0.2, 0.25) is 5.95 Å². The van der Waals surface area contributed by atoms with Gasteiger partial charge in [0, 0.05) is 19.2 Å². The molecular formula is C19H19N5O4. The van der Waals surface area contributed by atoms with Crippen molar-refractivity contribution < 1.29 is 13.9 Å². The standard InChI is InChI=1S/C19H19N5O4/c1-27-19-22-16(21-18(23-19)24-8-4-5-9-24)11-20-17(26)15-10-13(25)12-6-2-3-7-14(12)28-15/h2-3,6-7,10H,4-5,8-9,11H2,1H3,(H,20,26). The van der Waals surface area contributed by atoms with E-state index in [9.17, 15) is 9.59 Å². The van der Waals surface area contributed by atoms with Gasteiger partial charge in [-0.05, 0) is 25.0 Å². The Bertz CT molecular complexity index is 1080. The van der Waals surface area contributed by atoms with Crippen LogP contribution in [-0.4, -0.2) is 41.1 Å². The van der Waals surface area contributed by atoms with Gasteiger partial charge in [-0.25, -0.2) is 0 Å². The Hall–Kier alpha value is -3.49. The van der Waals surface area contributed by atoms with Gasteiger partial charge in [0.1, 0.15) is 5.58 Å². The van der Waals surface area contributed by atoms with Crippen LogP contribution in [0.25, 0.3) is 11.0 Å². The number of carbonyl (C=O) groups excluding carboxylic acids is 1. The average Bonchev–Trinajstić information content (AvgIpc) is 3.26. The number of hydrogen-bond acceptors (Lipinski definition) is 8. The molecule has 1 aromatic carbocycles. The molecule has 0 atom stereocenters. The second-order valence-corrected chi connectivity index (χ2v) is 6.39. The van der Waals surface area contributed by atoms with Gasteiger partial charge in [-0.15, -0.1) is 0 Å². The smallest absolute Gasteiger partial charge is 0.321 e. The average molecular weight is 381 g/mol. The van der Waals surface area contributed by atoms with Crippen LogP contribution in [0.4, 0.5) is 5.95 Å². The lowest BCUT2D eigenvalue weighted by atomic mass is 10.2. The largest absolute Gasteiger partial charge is 0.467 e. The van der Waals surface area contributed by atoms with Gasteiger partial charge < -0.3 is 19.4 Å². The highest BCUT2D eigenvalue weighted by molar-refractivity contribution is 5.93. The number of carbonyl (C=O) groups is 1. The number of fused-ring (bicyclic) bond motifs is 1. The van der Waals surface area contributed by atoms with Crippen molar-refractivity contribution in [1.29, 1.82) is 0 Å². The Kier molecular flexibility index (Phi) is 4.88. The van der Waals surface area contributed by atoms with E-state index in [4.69, 9.17) is 9.15 Å². The predicted octanol–water partition coefficient (Wildman–Crippen LogP) is 1.52. The quantitative estimate of drug-likeness (QED) is 0.708. The van der Waals surface area contributed by atoms with E-state index in [2.05, 4.69) is 25.2 Å². The Balaban J connectivity index is 1.53. The number of nitrogens with zero attached hydrogens (tertiary/aromatic N) is 4. The van der Waals surface area contributed by atoms with E-state index < -0.39 is 5.91 Å². The number of rotatable bonds is 5. The van der Waals surface area contributed by atoms with Crippen LogP contribution in [0.1, 0.15) is 29.2 Å². The van der Waals surface area contributed by atoms with Crippen molar-refractivity contribution in [2.45, 2.75) is 19.4 Å². The molecule has 0 radical (unpaired) electrons. The van der Waals surface area contributed by atoms with Gasteiger partial charge in [0.15, 0.2) is 17.0 Å². The molecule has 4 rings (SSSR count). The summed E-state index contributed by atoms with van der Waals surface area (Å²) in [6.45, 7) is 1.80. The van der Waals surface area contributed by atoms with Crippen LogP contribution in [0.3, 0.4) is 0 Å². The molecule has 0 unspecified atom stereocenters. The summed E-state index contributed by atoms with van der Waals surface area (Å²) in [5, 5.41) is 3.11. The first-order valence-electron chi connectivity index (χ1n) is 8.99. The summed E-state index contributed by atoms with van der Waals surface area (Å²) in [5.74, 6) is 0.311. The molecule has 1 amide bonds. The number of methoxy groups -OCH3 is 1. The summed E-state index contributed by atoms with van der Waals surface area (Å²) in [6, 6.07) is 8.15. The van der Waals surface area contributed by atoms with Crippen LogP contribution in [0.5, 0.6) is 6.01 Å². The minimum absolute atomic E-state index is 0.0507. The van der Waals surface area contributed by atoms with E-state index >= 15 is 0 Å². The maximum absolute atomic E-state index is 12.5. The molecule has 0 aliphatic carbocycles. The van der Waals surface area contributed by atoms with Crippen molar-refractivity contribution in [2.24, 2.45) is 0 Å². The SMILES string of the molecule is COc1nc(CNC(=O)c2cc(=O)c3ccccc3o2)nc(N2CCCC2)n1. The highest BCUT2D eigenvalue weighted by Gasteiger charge is 2.18. The van der Waals surface area contributed by atoms with Gasteiger partial charge >= 0.3 is 6.01 Å². The zero-order valence-corrected chi connectivity index (χ0v) is 15.3. The van der Waals surface area contributed by atoms with Gasteiger partial charge in [-0.3, -0.25) is 9.59 Å². The highest BCUT2D eigenvalue weighted by atomic mass is 16.5. The minimum Gasteiger partial charge on any atom is -0.467 e. The summed E-state index contributed by atoms with van der Waals surface area (Å²) in [5.41, 5.74) is 0.0865. The topological polar surface area (TPSA) is 110 Å². The number of ether oxygens (including phenoxy) is 1. The second-order valence-electron chi connectivity index (χ2n) is 6.39. The van der Waals surface area contributed by atoms with Crippen molar-refractivity contribution in [3.05, 3.63) is 52.1 Å². The molecule has 3 heterocycles. The predicted molar refractivity (Wildman–Crippen MR) is 101 cm³/mol. The highest BCUT2D eigenvalue weighted by Crippen LogP contribution is 2.18. The van der Waals surface area contributed by atoms with Crippen molar-refractivity contribution in [2.75, 3.05) is 25.1 Å². The van der Waals surface area contributed by atoms with E-state index in [1.807, 2.05) is 0 Å². The van der Waals surface area contributed by atoms with Crippen LogP contribution in [-0.2, 0) is 6.54 Å². The van der Waals surface area contributed by atoms with Gasteiger partial charge in [0.25, 0.3) is 5.91 Å². The first-order valence-corrected chi connectivity index (χ1v) is 8.99. The van der Waals surface area contributed by atoms with E-state index in [-0.39, 0.29) is 23.7 Å². The maximum atomic E-state index is 12.5. The summed E-state index contributed by atoms with van der Waals surface area (Å²) >= 11 is 0. The van der Waals surface area contributed by atoms with Crippen LogP contribution >= 0.6 is 0 Å². The van der Waals surface area contributed by atoms with Crippen molar-refractivity contribution >= 4 is 22.8 Å². The number of nitrogens with one attached hydrogen (secondary N) is 1. The fraction of sp³-hybridized carbons (Fsp3) is 0.316. The molecule has 28 heavy (non-hydrogen) atoms. The third-order valence-corrected chi connectivity index (χ3v) is 4.49. The molecule has 9 heteroatoms. The molecule has 1 saturated heterocycles. The Labute approximate surface area is 160 Å². The molecular weight excluding hydrogens is 362 g/mol. The Morgan fingerprint density at radius 1 is 1.21 bits per heavy atom. The molecule has 2 aromatic heterocycles. The molecule has 1 fully saturated rings. The molecule has 1 N–H and O–H groups in total. The van der Waals surface area contributed by atoms with Crippen LogP contribution in [0.15, 0.2) is 39.5 Å². The van der Waals surface area contributed by atoms with Crippen molar-refractivity contribution in [3.8, 4) is 6.01 Å². The molecule has 0 saturated carbocycles. The summed E-state index contributed by atoms with van der Waals surface area (Å²) in [6.07, 6.45) is 2.17. The van der Waals surface area contributed by atoms with E-state index in [1.54, 1.807) is 24.3 Å². The molecule has 3 aromatic rings. The number of para-hydroxylation sites is 1. The van der Waals surface area contributed by atoms with Crippen LogP contribution < -0.4 is 20.4 Å². The Morgan fingerprint density at radius 3 is 2.79 bits per heavy atom. The number of amides is 1. The first-order chi connectivity index (χ1) is 13.6. The lowest BCUT2D eigenvalue weighted by molar-refractivity contribution is 0.0922. The summed E-state index contributed by atoms with van der Waals surface area (Å²) in [4.78, 5) is 39.5. The fourth-order valence-corrected chi connectivity index (χ4v) is 3.08. The number of benzene rings is 1. The van der Waals surface area contributed by atoms with Crippen LogP contribution in [0, 0.1) is 0 Å². The number of aromatic nitrogens is 3. The molecule has 1 aliphatic heterocycles. The van der Waals surface area contributed by atoms with Crippen molar-refractivity contribution in [1.82, 2.24) is 20.3 Å². The Morgan fingerprint density at radius 2 is 2.00 bits per heavy atom. The third kappa shape index (κ3) is 3.64. The van der Waals surface area contributed by atoms with Gasteiger partial charge in [-0.1, -0.05) is 12.1 Å². The number of hydrogen-bond donors (Lipinski definition) is 1. The monoisotopic (exact) mass is 381 g/mol. The molecule has 1 aliphatic rings. The lowest BCUT2D eigenvalue weighted by Crippen LogP contribution is -2.27. The molecule has 144 valence electrons. The summed E-state index contributed by atoms with van der Waals surface area (Å²) < 4.78 is 10.7. The van der Waals surface area contributed by atoms with Gasteiger partial charge in [-0.2, -0.15) is 15.0 Å². The van der Waals surface area contributed by atoms with E-state index in [0.29, 0.717) is 22.7 Å². The third-order valence-electron chi connectivity index (χ3n) is 4.49. The summed E-state index contributed by atoms with van der Waals surface area (Å²) in [7, 11) is 1.48. The maximum Gasteiger partial charge on any atom is 0.321 e. The zero-order valence-electron chi connectivity index (χ0n) is 15.3.